The predicted octanol–water partition coefficient (Wildman–Crippen LogP) is 5.84. The molecular weight excluding hydrogens is 591 g/mol. The molecule has 4 aromatic rings. The molecule has 3 aliphatic heterocycles. The lowest BCUT2D eigenvalue weighted by Gasteiger charge is -2.37. The molecule has 0 N–H and O–H groups in total. The second kappa shape index (κ2) is 9.90. The molecule has 2 aromatic heterocycles. The van der Waals surface area contributed by atoms with E-state index >= 15 is 4.39 Å². The van der Waals surface area contributed by atoms with Gasteiger partial charge in [-0.15, -0.1) is 6.42 Å². The summed E-state index contributed by atoms with van der Waals surface area (Å²) in [6.45, 7) is 7.57. The Balaban J connectivity index is 1.20. The van der Waals surface area contributed by atoms with E-state index in [1.165, 1.54) is 17.8 Å². The Morgan fingerprint density at radius 2 is 2.00 bits per heavy atom. The lowest BCUT2D eigenvalue weighted by atomic mass is 9.80. The third-order valence-electron chi connectivity index (χ3n) is 11.2. The van der Waals surface area contributed by atoms with E-state index in [2.05, 4.69) is 27.4 Å². The highest BCUT2D eigenvalue weighted by Gasteiger charge is 2.67. The number of hydrogen-bond acceptors (Lipinski definition) is 7. The number of nitrogens with zero attached hydrogens (tertiary/aromatic N) is 5. The molecule has 2 saturated carbocycles. The van der Waals surface area contributed by atoms with Crippen molar-refractivity contribution in [3.8, 4) is 29.6 Å². The fourth-order valence-electron chi connectivity index (χ4n) is 8.62. The van der Waals surface area contributed by atoms with E-state index in [0.717, 1.165) is 38.8 Å². The van der Waals surface area contributed by atoms with Crippen LogP contribution in [0.15, 0.2) is 48.7 Å². The SMILES string of the molecule is C#Cc1c(F)ccc2cccc(-c3ncc4c(N5CCOC[C@H]6[C@H](F)[C@H]65)nc(OC[C@]56CC(=C)CN5CCC65CC5)nc4c3F)c12. The Kier molecular flexibility index (Phi) is 6.04. The average molecular weight is 624 g/mol. The Bertz CT molecular complexity index is 2010. The van der Waals surface area contributed by atoms with Crippen molar-refractivity contribution in [2.45, 2.75) is 43.4 Å². The third-order valence-corrected chi connectivity index (χ3v) is 11.2. The maximum atomic E-state index is 16.9. The molecule has 5 heterocycles. The summed E-state index contributed by atoms with van der Waals surface area (Å²) in [5.41, 5.74) is 1.55. The largest absolute Gasteiger partial charge is 0.461 e. The lowest BCUT2D eigenvalue weighted by Crippen LogP contribution is -2.49. The van der Waals surface area contributed by atoms with Crippen molar-refractivity contribution in [2.24, 2.45) is 11.3 Å². The summed E-state index contributed by atoms with van der Waals surface area (Å²) in [7, 11) is 0. The normalized spacial score (nSPS) is 27.9. The number of aromatic nitrogens is 3. The van der Waals surface area contributed by atoms with Crippen LogP contribution < -0.4 is 9.64 Å². The van der Waals surface area contributed by atoms with Crippen molar-refractivity contribution in [3.63, 3.8) is 0 Å². The molecule has 5 fully saturated rings. The number of fused-ring (bicyclic) bond motifs is 5. The number of benzene rings is 2. The van der Waals surface area contributed by atoms with Crippen molar-refractivity contribution in [2.75, 3.05) is 44.4 Å². The summed E-state index contributed by atoms with van der Waals surface area (Å²) < 4.78 is 58.8. The molecule has 5 aliphatic rings. The van der Waals surface area contributed by atoms with Crippen LogP contribution in [-0.4, -0.2) is 77.1 Å². The fraction of sp³-hybridized carbons (Fsp3) is 0.417. The van der Waals surface area contributed by atoms with Crippen LogP contribution in [0.3, 0.4) is 0 Å². The molecule has 7 nitrogen and oxygen atoms in total. The molecule has 234 valence electrons. The van der Waals surface area contributed by atoms with Crippen LogP contribution in [0.5, 0.6) is 6.01 Å². The second-order valence-electron chi connectivity index (χ2n) is 13.5. The average Bonchev–Trinajstić information content (AvgIpc) is 3.93. The highest BCUT2D eigenvalue weighted by atomic mass is 19.1. The van der Waals surface area contributed by atoms with Gasteiger partial charge in [0.25, 0.3) is 0 Å². The van der Waals surface area contributed by atoms with E-state index < -0.39 is 23.8 Å². The zero-order valence-electron chi connectivity index (χ0n) is 25.2. The molecule has 1 spiro atoms. The molecule has 4 atom stereocenters. The standard InChI is InChI=1S/C36H32F3N5O2/c1-3-22-26(37)8-7-21-5-4-6-23(27(21)22)30-29(39)31-24(16-40-30)33(44-13-14-45-18-25-28(38)32(25)44)42-34(41-31)46-19-36-15-20(2)17-43(36)12-11-35(36)9-10-35/h1,4-8,16,25,28,32H,2,9-15,17-19H2/t25-,28-,32-,36-/m0/s1. The minimum Gasteiger partial charge on any atom is -0.461 e. The van der Waals surface area contributed by atoms with Gasteiger partial charge in [0.05, 0.1) is 35.7 Å². The van der Waals surface area contributed by atoms with Gasteiger partial charge < -0.3 is 14.4 Å². The maximum absolute atomic E-state index is 16.9. The first-order chi connectivity index (χ1) is 22.3. The van der Waals surface area contributed by atoms with Gasteiger partial charge >= 0.3 is 6.01 Å². The number of pyridine rings is 1. The van der Waals surface area contributed by atoms with Crippen LogP contribution >= 0.6 is 0 Å². The van der Waals surface area contributed by atoms with Crippen molar-refractivity contribution >= 4 is 27.5 Å². The number of ether oxygens (including phenoxy) is 2. The Morgan fingerprint density at radius 1 is 1.13 bits per heavy atom. The Morgan fingerprint density at radius 3 is 2.83 bits per heavy atom. The molecule has 0 radical (unpaired) electrons. The van der Waals surface area contributed by atoms with Gasteiger partial charge in [-0.1, -0.05) is 42.3 Å². The summed E-state index contributed by atoms with van der Waals surface area (Å²) in [5, 5.41) is 1.39. The van der Waals surface area contributed by atoms with Crippen LogP contribution in [0.1, 0.15) is 31.2 Å². The highest BCUT2D eigenvalue weighted by molar-refractivity contribution is 6.02. The fourth-order valence-corrected chi connectivity index (χ4v) is 8.62. The Labute approximate surface area is 264 Å². The third kappa shape index (κ3) is 3.91. The van der Waals surface area contributed by atoms with Gasteiger partial charge in [-0.25, -0.2) is 13.2 Å². The van der Waals surface area contributed by atoms with E-state index in [-0.39, 0.29) is 39.7 Å². The monoisotopic (exact) mass is 623 g/mol. The summed E-state index contributed by atoms with van der Waals surface area (Å²) in [6, 6.07) is 7.72. The second-order valence-corrected chi connectivity index (χ2v) is 13.5. The van der Waals surface area contributed by atoms with Gasteiger partial charge in [0.2, 0.25) is 0 Å². The van der Waals surface area contributed by atoms with E-state index in [0.29, 0.717) is 53.9 Å². The first-order valence-electron chi connectivity index (χ1n) is 15.9. The van der Waals surface area contributed by atoms with Gasteiger partial charge in [-0.3, -0.25) is 9.88 Å². The van der Waals surface area contributed by atoms with Gasteiger partial charge in [0.15, 0.2) is 5.82 Å². The lowest BCUT2D eigenvalue weighted by molar-refractivity contribution is 0.0649. The summed E-state index contributed by atoms with van der Waals surface area (Å²) >= 11 is 0. The number of alkyl halides is 1. The molecule has 0 bridgehead atoms. The molecule has 2 aliphatic carbocycles. The van der Waals surface area contributed by atoms with Crippen molar-refractivity contribution in [1.82, 2.24) is 19.9 Å². The van der Waals surface area contributed by atoms with Crippen molar-refractivity contribution in [1.29, 1.82) is 0 Å². The van der Waals surface area contributed by atoms with Crippen LogP contribution in [0, 0.1) is 35.3 Å². The van der Waals surface area contributed by atoms with E-state index in [1.54, 1.807) is 24.3 Å². The minimum absolute atomic E-state index is 0.00354. The smallest absolute Gasteiger partial charge is 0.319 e. The number of rotatable bonds is 5. The highest BCUT2D eigenvalue weighted by Crippen LogP contribution is 2.66. The molecule has 2 aromatic carbocycles. The van der Waals surface area contributed by atoms with Gasteiger partial charge in [-0.2, -0.15) is 9.97 Å². The van der Waals surface area contributed by atoms with E-state index in [1.807, 2.05) is 4.90 Å². The number of terminal acetylenes is 1. The first-order valence-corrected chi connectivity index (χ1v) is 15.9. The molecule has 9 rings (SSSR count). The first kappa shape index (κ1) is 28.1. The van der Waals surface area contributed by atoms with Crippen LogP contribution in [0.2, 0.25) is 0 Å². The van der Waals surface area contributed by atoms with Crippen LogP contribution in [-0.2, 0) is 4.74 Å². The summed E-state index contributed by atoms with van der Waals surface area (Å²) in [5.74, 6) is 1.22. The molecular formula is C36H32F3N5O2. The quantitative estimate of drug-likeness (QED) is 0.205. The van der Waals surface area contributed by atoms with Gasteiger partial charge in [0.1, 0.15) is 35.6 Å². The topological polar surface area (TPSA) is 63.6 Å². The van der Waals surface area contributed by atoms with Gasteiger partial charge in [-0.05, 0) is 49.1 Å². The van der Waals surface area contributed by atoms with Gasteiger partial charge in [0, 0.05) is 36.2 Å². The van der Waals surface area contributed by atoms with Crippen molar-refractivity contribution < 1.29 is 22.6 Å². The number of halogens is 3. The van der Waals surface area contributed by atoms with E-state index in [4.69, 9.17) is 20.9 Å². The molecule has 46 heavy (non-hydrogen) atoms. The zero-order valence-corrected chi connectivity index (χ0v) is 25.2. The minimum atomic E-state index is -1.08. The summed E-state index contributed by atoms with van der Waals surface area (Å²) in [6.07, 6.45) is 10.4. The maximum Gasteiger partial charge on any atom is 0.319 e. The molecule has 3 saturated heterocycles. The molecule has 0 amide bonds. The van der Waals surface area contributed by atoms with Crippen LogP contribution in [0.25, 0.3) is 32.9 Å². The summed E-state index contributed by atoms with van der Waals surface area (Å²) in [4.78, 5) is 18.3. The van der Waals surface area contributed by atoms with Crippen LogP contribution in [0.4, 0.5) is 19.0 Å². The predicted molar refractivity (Wildman–Crippen MR) is 168 cm³/mol. The number of anilines is 1. The Hall–Kier alpha value is -4.20. The van der Waals surface area contributed by atoms with Crippen molar-refractivity contribution in [3.05, 3.63) is 65.9 Å². The molecule has 10 heteroatoms. The zero-order chi connectivity index (χ0) is 31.4. The number of hydrogen-bond donors (Lipinski definition) is 0. The van der Waals surface area contributed by atoms with E-state index in [9.17, 15) is 8.78 Å². The molecule has 0 unspecified atom stereocenters.